The summed E-state index contributed by atoms with van der Waals surface area (Å²) in [5, 5.41) is 18.0. The second kappa shape index (κ2) is 5.87. The first-order chi connectivity index (χ1) is 9.11. The number of aromatic carboxylic acids is 1. The quantitative estimate of drug-likeness (QED) is 0.874. The van der Waals surface area contributed by atoms with Crippen LogP contribution in [0.3, 0.4) is 0 Å². The van der Waals surface area contributed by atoms with Crippen LogP contribution in [0.5, 0.6) is 0 Å². The molecule has 0 saturated heterocycles. The summed E-state index contributed by atoms with van der Waals surface area (Å²) >= 11 is 2.62. The highest BCUT2D eigenvalue weighted by atomic mass is 32.2. The van der Waals surface area contributed by atoms with Crippen LogP contribution in [-0.4, -0.2) is 16.1 Å². The van der Waals surface area contributed by atoms with Crippen molar-refractivity contribution in [1.82, 2.24) is 4.98 Å². The second-order valence-corrected chi connectivity index (χ2v) is 5.98. The molecule has 1 N–H and O–H groups in total. The molecule has 0 spiro atoms. The van der Waals surface area contributed by atoms with Gasteiger partial charge in [0.05, 0.1) is 17.3 Å². The summed E-state index contributed by atoms with van der Waals surface area (Å²) in [6.45, 7) is 1.69. The van der Waals surface area contributed by atoms with Gasteiger partial charge in [0.15, 0.2) is 4.34 Å². The molecule has 2 aromatic rings. The van der Waals surface area contributed by atoms with Gasteiger partial charge in [-0.1, -0.05) is 30.0 Å². The van der Waals surface area contributed by atoms with Crippen molar-refractivity contribution in [2.75, 3.05) is 0 Å². The monoisotopic (exact) mass is 290 g/mol. The first-order valence-corrected chi connectivity index (χ1v) is 7.23. The number of hydrogen-bond donors (Lipinski definition) is 1. The summed E-state index contributed by atoms with van der Waals surface area (Å²) in [6.07, 6.45) is 0. The fourth-order valence-electron chi connectivity index (χ4n) is 1.53. The second-order valence-electron chi connectivity index (χ2n) is 3.76. The number of aryl methyl sites for hydroxylation is 1. The first-order valence-electron chi connectivity index (χ1n) is 5.43. The van der Waals surface area contributed by atoms with Gasteiger partial charge in [-0.15, -0.1) is 11.3 Å². The Bertz CT molecular complexity index is 659. The van der Waals surface area contributed by atoms with Crippen LogP contribution in [0, 0.1) is 18.3 Å². The predicted molar refractivity (Wildman–Crippen MR) is 74.5 cm³/mol. The van der Waals surface area contributed by atoms with E-state index in [1.807, 2.05) is 18.2 Å². The van der Waals surface area contributed by atoms with Crippen LogP contribution in [0.25, 0.3) is 0 Å². The highest BCUT2D eigenvalue weighted by molar-refractivity contribution is 8.00. The number of nitrogens with zero attached hydrogens (tertiary/aromatic N) is 2. The molecule has 0 fully saturated rings. The number of hydrogen-bond acceptors (Lipinski definition) is 5. The Labute approximate surface area is 118 Å². The summed E-state index contributed by atoms with van der Waals surface area (Å²) in [5.41, 5.74) is 2.11. The fraction of sp³-hybridized carbons (Fsp3) is 0.154. The molecule has 96 valence electrons. The summed E-state index contributed by atoms with van der Waals surface area (Å²) in [7, 11) is 0. The maximum atomic E-state index is 10.9. The largest absolute Gasteiger partial charge is 0.477 e. The molecular weight excluding hydrogens is 280 g/mol. The number of nitriles is 1. The van der Waals surface area contributed by atoms with Crippen molar-refractivity contribution in [2.45, 2.75) is 17.0 Å². The molecule has 0 bridgehead atoms. The number of carboxylic acids is 1. The average molecular weight is 290 g/mol. The molecule has 0 aliphatic carbocycles. The van der Waals surface area contributed by atoms with Crippen LogP contribution in [0.1, 0.15) is 26.5 Å². The van der Waals surface area contributed by atoms with Gasteiger partial charge in [-0.3, -0.25) is 0 Å². The van der Waals surface area contributed by atoms with Gasteiger partial charge in [0, 0.05) is 5.75 Å². The van der Waals surface area contributed by atoms with Crippen LogP contribution in [0.15, 0.2) is 28.6 Å². The maximum Gasteiger partial charge on any atom is 0.347 e. The summed E-state index contributed by atoms with van der Waals surface area (Å²) in [4.78, 5) is 15.4. The van der Waals surface area contributed by atoms with Gasteiger partial charge in [0.2, 0.25) is 0 Å². The van der Waals surface area contributed by atoms with Gasteiger partial charge in [-0.25, -0.2) is 9.78 Å². The number of benzene rings is 1. The van der Waals surface area contributed by atoms with Crippen LogP contribution in [0.2, 0.25) is 0 Å². The fourth-order valence-corrected chi connectivity index (χ4v) is 3.56. The topological polar surface area (TPSA) is 74.0 Å². The van der Waals surface area contributed by atoms with Gasteiger partial charge in [0.25, 0.3) is 0 Å². The van der Waals surface area contributed by atoms with E-state index in [0.717, 1.165) is 5.56 Å². The van der Waals surface area contributed by atoms with E-state index in [2.05, 4.69) is 11.1 Å². The summed E-state index contributed by atoms with van der Waals surface area (Å²) < 4.78 is 0.711. The van der Waals surface area contributed by atoms with Crippen LogP contribution >= 0.6 is 23.1 Å². The van der Waals surface area contributed by atoms with Crippen LogP contribution in [-0.2, 0) is 5.75 Å². The molecule has 0 atom stereocenters. The van der Waals surface area contributed by atoms with Crippen LogP contribution < -0.4 is 0 Å². The van der Waals surface area contributed by atoms with Crippen molar-refractivity contribution in [1.29, 1.82) is 5.26 Å². The minimum absolute atomic E-state index is 0.274. The highest BCUT2D eigenvalue weighted by Crippen LogP contribution is 2.30. The lowest BCUT2D eigenvalue weighted by Gasteiger charge is -2.00. The molecule has 2 rings (SSSR count). The van der Waals surface area contributed by atoms with Gasteiger partial charge in [0.1, 0.15) is 4.88 Å². The Morgan fingerprint density at radius 3 is 2.89 bits per heavy atom. The van der Waals surface area contributed by atoms with E-state index in [4.69, 9.17) is 10.4 Å². The minimum atomic E-state index is -0.945. The van der Waals surface area contributed by atoms with E-state index in [1.165, 1.54) is 23.1 Å². The van der Waals surface area contributed by atoms with Crippen molar-refractivity contribution in [3.05, 3.63) is 46.0 Å². The third kappa shape index (κ3) is 3.13. The zero-order valence-corrected chi connectivity index (χ0v) is 11.7. The van der Waals surface area contributed by atoms with Crippen molar-refractivity contribution in [3.63, 3.8) is 0 Å². The molecule has 0 amide bonds. The maximum absolute atomic E-state index is 10.9. The lowest BCUT2D eigenvalue weighted by Crippen LogP contribution is -1.94. The molecular formula is C13H10N2O2S2. The molecule has 0 aliphatic heterocycles. The number of carboxylic acid groups (broad SMARTS) is 1. The first kappa shape index (κ1) is 13.6. The van der Waals surface area contributed by atoms with E-state index in [1.54, 1.807) is 13.0 Å². The molecule has 0 unspecified atom stereocenters. The summed E-state index contributed by atoms with van der Waals surface area (Å²) in [6, 6.07) is 9.51. The average Bonchev–Trinajstić information content (AvgIpc) is 2.78. The number of carbonyl (C=O) groups is 1. The van der Waals surface area contributed by atoms with E-state index < -0.39 is 5.97 Å². The molecule has 1 aromatic carbocycles. The Morgan fingerprint density at radius 1 is 1.53 bits per heavy atom. The highest BCUT2D eigenvalue weighted by Gasteiger charge is 2.14. The van der Waals surface area contributed by atoms with Gasteiger partial charge in [-0.05, 0) is 18.6 Å². The molecule has 4 nitrogen and oxygen atoms in total. The summed E-state index contributed by atoms with van der Waals surface area (Å²) in [5.74, 6) is -0.338. The Kier molecular flexibility index (Phi) is 4.20. The molecule has 0 radical (unpaired) electrons. The van der Waals surface area contributed by atoms with Gasteiger partial charge < -0.3 is 5.11 Å². The third-order valence-corrected chi connectivity index (χ3v) is 4.80. The van der Waals surface area contributed by atoms with Crippen molar-refractivity contribution >= 4 is 29.1 Å². The Balaban J connectivity index is 2.13. The van der Waals surface area contributed by atoms with Gasteiger partial charge in [-0.2, -0.15) is 5.26 Å². The van der Waals surface area contributed by atoms with Crippen molar-refractivity contribution in [2.24, 2.45) is 0 Å². The van der Waals surface area contributed by atoms with E-state index in [0.29, 0.717) is 21.3 Å². The molecule has 6 heteroatoms. The number of aromatic nitrogens is 1. The van der Waals surface area contributed by atoms with E-state index in [9.17, 15) is 4.79 Å². The van der Waals surface area contributed by atoms with Gasteiger partial charge >= 0.3 is 5.97 Å². The smallest absolute Gasteiger partial charge is 0.347 e. The number of thioether (sulfide) groups is 1. The van der Waals surface area contributed by atoms with E-state index in [-0.39, 0.29) is 4.88 Å². The minimum Gasteiger partial charge on any atom is -0.477 e. The van der Waals surface area contributed by atoms with Crippen LogP contribution in [0.4, 0.5) is 0 Å². The zero-order chi connectivity index (χ0) is 13.8. The molecule has 1 aromatic heterocycles. The SMILES string of the molecule is Cc1nc(SCc2ccccc2C#N)sc1C(=O)O. The molecule has 0 aliphatic rings. The zero-order valence-electron chi connectivity index (χ0n) is 10.1. The lowest BCUT2D eigenvalue weighted by molar-refractivity contribution is 0.0701. The normalized spacial score (nSPS) is 10.1. The molecule has 0 saturated carbocycles. The third-order valence-electron chi connectivity index (χ3n) is 2.46. The Morgan fingerprint density at radius 2 is 2.26 bits per heavy atom. The lowest BCUT2D eigenvalue weighted by atomic mass is 10.1. The molecule has 19 heavy (non-hydrogen) atoms. The van der Waals surface area contributed by atoms with Crippen molar-refractivity contribution in [3.8, 4) is 6.07 Å². The Hall–Kier alpha value is -1.84. The standard InChI is InChI=1S/C13H10N2O2S2/c1-8-11(12(16)17)19-13(15-8)18-7-10-5-3-2-4-9(10)6-14/h2-5H,7H2,1H3,(H,16,17). The number of thiazole rings is 1. The molecule has 1 heterocycles. The number of rotatable bonds is 4. The predicted octanol–water partition coefficient (Wildman–Crippen LogP) is 3.31. The van der Waals surface area contributed by atoms with E-state index >= 15 is 0 Å². The van der Waals surface area contributed by atoms with Crippen molar-refractivity contribution < 1.29 is 9.90 Å².